The van der Waals surface area contributed by atoms with Crippen molar-refractivity contribution in [1.82, 2.24) is 25.9 Å². The number of hydrogen-bond donors (Lipinski definition) is 8. The van der Waals surface area contributed by atoms with E-state index >= 15 is 0 Å². The lowest BCUT2D eigenvalue weighted by molar-refractivity contribution is -0.143. The quantitative estimate of drug-likeness (QED) is 0.146. The van der Waals surface area contributed by atoms with Gasteiger partial charge in [-0.1, -0.05) is 26.0 Å². The van der Waals surface area contributed by atoms with Crippen molar-refractivity contribution in [1.29, 1.82) is 0 Å². The van der Waals surface area contributed by atoms with Gasteiger partial charge in [-0.25, -0.2) is 9.78 Å². The maximum absolute atomic E-state index is 13.0. The number of aromatic nitrogens is 2. The molecule has 4 unspecified atom stereocenters. The highest BCUT2D eigenvalue weighted by Gasteiger charge is 2.33. The molecule has 0 aliphatic rings. The molecule has 3 amide bonds. The first-order valence-corrected chi connectivity index (χ1v) is 11.7. The molecule has 14 nitrogen and oxygen atoms in total. The van der Waals surface area contributed by atoms with Crippen LogP contribution in [0.3, 0.4) is 0 Å². The molecule has 0 bridgehead atoms. The minimum Gasteiger partial charge on any atom is -0.508 e. The summed E-state index contributed by atoms with van der Waals surface area (Å²) < 4.78 is 0. The number of carbonyl (C=O) groups is 5. The number of amides is 3. The Morgan fingerprint density at radius 2 is 1.55 bits per heavy atom. The van der Waals surface area contributed by atoms with Gasteiger partial charge in [-0.15, -0.1) is 0 Å². The van der Waals surface area contributed by atoms with E-state index < -0.39 is 66.2 Å². The second kappa shape index (κ2) is 13.7. The van der Waals surface area contributed by atoms with Gasteiger partial charge in [0.2, 0.25) is 17.7 Å². The number of nitrogens with one attached hydrogen (secondary N) is 4. The first kappa shape index (κ1) is 29.8. The average Bonchev–Trinajstić information content (AvgIpc) is 3.35. The van der Waals surface area contributed by atoms with Gasteiger partial charge in [0.05, 0.1) is 18.8 Å². The lowest BCUT2D eigenvalue weighted by Crippen LogP contribution is -2.59. The van der Waals surface area contributed by atoms with Crippen LogP contribution in [0.4, 0.5) is 0 Å². The number of aliphatic carboxylic acids is 2. The third kappa shape index (κ3) is 9.20. The molecule has 9 N–H and O–H groups in total. The van der Waals surface area contributed by atoms with Crippen LogP contribution in [-0.2, 0) is 36.8 Å². The Morgan fingerprint density at radius 1 is 0.921 bits per heavy atom. The van der Waals surface area contributed by atoms with Gasteiger partial charge in [-0.2, -0.15) is 0 Å². The first-order valence-electron chi connectivity index (χ1n) is 11.7. The van der Waals surface area contributed by atoms with Crippen LogP contribution in [0.1, 0.15) is 31.5 Å². The van der Waals surface area contributed by atoms with Crippen LogP contribution in [0.15, 0.2) is 36.8 Å². The largest absolute Gasteiger partial charge is 0.508 e. The van der Waals surface area contributed by atoms with Crippen LogP contribution in [0.25, 0.3) is 0 Å². The van der Waals surface area contributed by atoms with Crippen molar-refractivity contribution < 1.29 is 39.3 Å². The Bertz CT molecular complexity index is 1120. The van der Waals surface area contributed by atoms with Crippen LogP contribution in [0.5, 0.6) is 5.75 Å². The molecule has 1 aromatic heterocycles. The summed E-state index contributed by atoms with van der Waals surface area (Å²) in [5, 5.41) is 35.3. The Balaban J connectivity index is 2.10. The fraction of sp³-hybridized carbons (Fsp3) is 0.417. The van der Waals surface area contributed by atoms with Gasteiger partial charge in [0.1, 0.15) is 23.9 Å². The fourth-order valence-corrected chi connectivity index (χ4v) is 3.51. The summed E-state index contributed by atoms with van der Waals surface area (Å²) in [6.07, 6.45) is 2.05. The smallest absolute Gasteiger partial charge is 0.326 e. The van der Waals surface area contributed by atoms with Crippen molar-refractivity contribution in [2.45, 2.75) is 57.3 Å². The molecule has 0 aliphatic carbocycles. The maximum atomic E-state index is 13.0. The Kier molecular flexibility index (Phi) is 10.8. The number of H-pyrrole nitrogens is 1. The summed E-state index contributed by atoms with van der Waals surface area (Å²) in [5.74, 6) is -5.76. The first-order chi connectivity index (χ1) is 17.9. The van der Waals surface area contributed by atoms with E-state index in [1.54, 1.807) is 13.8 Å². The topological polar surface area (TPSA) is 237 Å². The molecule has 4 atom stereocenters. The number of phenols is 1. The highest BCUT2D eigenvalue weighted by Crippen LogP contribution is 2.12. The van der Waals surface area contributed by atoms with E-state index in [-0.39, 0.29) is 18.6 Å². The summed E-state index contributed by atoms with van der Waals surface area (Å²) >= 11 is 0. The van der Waals surface area contributed by atoms with Crippen LogP contribution in [0.2, 0.25) is 0 Å². The standard InChI is InChI=1S/C24H32N6O8/c1-12(2)20(23(36)29-18(24(37)38)7-13-3-5-15(31)6-4-13)30-22(35)17(9-19(32)33)28-21(34)16(25)8-14-10-26-11-27-14/h3-6,10-12,16-18,20,31H,7-9,25H2,1-2H3,(H,26,27)(H,28,34)(H,29,36)(H,30,35)(H,32,33)(H,37,38). The summed E-state index contributed by atoms with van der Waals surface area (Å²) in [4.78, 5) is 68.2. The molecule has 0 aliphatic heterocycles. The normalized spacial score (nSPS) is 14.1. The van der Waals surface area contributed by atoms with E-state index in [4.69, 9.17) is 5.73 Å². The van der Waals surface area contributed by atoms with Gasteiger partial charge in [0.15, 0.2) is 0 Å². The number of hydrogen-bond acceptors (Lipinski definition) is 8. The number of rotatable bonds is 14. The molecule has 2 rings (SSSR count). The van der Waals surface area contributed by atoms with E-state index in [2.05, 4.69) is 25.9 Å². The summed E-state index contributed by atoms with van der Waals surface area (Å²) in [6.45, 7) is 3.21. The van der Waals surface area contributed by atoms with Crippen molar-refractivity contribution in [3.63, 3.8) is 0 Å². The van der Waals surface area contributed by atoms with Crippen molar-refractivity contribution in [2.75, 3.05) is 0 Å². The number of carboxylic acid groups (broad SMARTS) is 2. The van der Waals surface area contributed by atoms with Crippen molar-refractivity contribution >= 4 is 29.7 Å². The van der Waals surface area contributed by atoms with Gasteiger partial charge < -0.3 is 42.0 Å². The summed E-state index contributed by atoms with van der Waals surface area (Å²) in [6, 6.07) is 0.533. The van der Waals surface area contributed by atoms with Gasteiger partial charge in [-0.05, 0) is 23.6 Å². The molecule has 38 heavy (non-hydrogen) atoms. The predicted molar refractivity (Wildman–Crippen MR) is 133 cm³/mol. The zero-order valence-corrected chi connectivity index (χ0v) is 20.9. The fourth-order valence-electron chi connectivity index (χ4n) is 3.51. The third-order valence-electron chi connectivity index (χ3n) is 5.58. The lowest BCUT2D eigenvalue weighted by Gasteiger charge is -2.26. The van der Waals surface area contributed by atoms with Crippen molar-refractivity contribution in [2.24, 2.45) is 11.7 Å². The Morgan fingerprint density at radius 3 is 2.08 bits per heavy atom. The number of benzene rings is 1. The molecule has 2 aromatic rings. The molecule has 0 spiro atoms. The van der Waals surface area contributed by atoms with Crippen molar-refractivity contribution in [3.8, 4) is 5.75 Å². The zero-order chi connectivity index (χ0) is 28.4. The zero-order valence-electron chi connectivity index (χ0n) is 20.9. The van der Waals surface area contributed by atoms with E-state index in [9.17, 15) is 39.3 Å². The summed E-state index contributed by atoms with van der Waals surface area (Å²) in [7, 11) is 0. The number of aromatic hydroxyl groups is 1. The van der Waals surface area contributed by atoms with Gasteiger partial charge in [-0.3, -0.25) is 19.2 Å². The van der Waals surface area contributed by atoms with Crippen LogP contribution < -0.4 is 21.7 Å². The van der Waals surface area contributed by atoms with Gasteiger partial charge in [0, 0.05) is 24.7 Å². The second-order valence-corrected chi connectivity index (χ2v) is 9.05. The molecule has 0 saturated carbocycles. The molecule has 0 fully saturated rings. The number of nitrogens with two attached hydrogens (primary N) is 1. The van der Waals surface area contributed by atoms with E-state index in [1.807, 2.05) is 0 Å². The molecule has 1 aromatic carbocycles. The van der Waals surface area contributed by atoms with Crippen molar-refractivity contribution in [3.05, 3.63) is 48.0 Å². The maximum Gasteiger partial charge on any atom is 0.326 e. The Labute approximate surface area is 218 Å². The lowest BCUT2D eigenvalue weighted by atomic mass is 10.0. The average molecular weight is 533 g/mol. The number of aromatic amines is 1. The van der Waals surface area contributed by atoms with E-state index in [0.717, 1.165) is 0 Å². The minimum absolute atomic E-state index is 0.00230. The number of nitrogens with zero attached hydrogens (tertiary/aromatic N) is 1. The Hall–Kier alpha value is -4.46. The molecular weight excluding hydrogens is 500 g/mol. The monoisotopic (exact) mass is 532 g/mol. The van der Waals surface area contributed by atoms with Crippen LogP contribution in [0, 0.1) is 5.92 Å². The summed E-state index contributed by atoms with van der Waals surface area (Å²) in [5.41, 5.74) is 6.96. The third-order valence-corrected chi connectivity index (χ3v) is 5.58. The van der Waals surface area contributed by atoms with Crippen LogP contribution in [-0.4, -0.2) is 79.1 Å². The number of imidazole rings is 1. The number of carboxylic acids is 2. The van der Waals surface area contributed by atoms with E-state index in [1.165, 1.54) is 36.8 Å². The predicted octanol–water partition coefficient (Wildman–Crippen LogP) is -1.10. The molecule has 1 heterocycles. The molecule has 0 saturated heterocycles. The van der Waals surface area contributed by atoms with Gasteiger partial charge >= 0.3 is 11.9 Å². The van der Waals surface area contributed by atoms with Crippen LogP contribution >= 0.6 is 0 Å². The highest BCUT2D eigenvalue weighted by molar-refractivity contribution is 5.95. The van der Waals surface area contributed by atoms with E-state index in [0.29, 0.717) is 11.3 Å². The second-order valence-electron chi connectivity index (χ2n) is 9.05. The minimum atomic E-state index is -1.55. The molecular formula is C24H32N6O8. The molecule has 14 heteroatoms. The molecule has 206 valence electrons. The number of carbonyl (C=O) groups excluding carboxylic acids is 3. The number of phenolic OH excluding ortho intramolecular Hbond substituents is 1. The molecule has 0 radical (unpaired) electrons. The SMILES string of the molecule is CC(C)C(NC(=O)C(CC(=O)O)NC(=O)C(N)Cc1cnc[nH]1)C(=O)NC(Cc1ccc(O)cc1)C(=O)O. The highest BCUT2D eigenvalue weighted by atomic mass is 16.4. The van der Waals surface area contributed by atoms with Gasteiger partial charge in [0.25, 0.3) is 0 Å².